The molecular formula is C18H25N7OS. The summed E-state index contributed by atoms with van der Waals surface area (Å²) in [6.45, 7) is 5.07. The van der Waals surface area contributed by atoms with Crippen LogP contribution in [0, 0.1) is 0 Å². The van der Waals surface area contributed by atoms with Crippen LogP contribution in [0.3, 0.4) is 0 Å². The van der Waals surface area contributed by atoms with Crippen molar-refractivity contribution in [1.82, 2.24) is 19.9 Å². The van der Waals surface area contributed by atoms with Gasteiger partial charge in [-0.3, -0.25) is 0 Å². The standard InChI is InChI=1S/C18H25N7OS/c1-27-18-20-7-5-16(23-18)25-8-2-3-14(13-25)21-15-4-6-19-17(22-15)24-9-11-26-12-10-24/h4-7,14H,2-3,8-13H2,1H3,(H,19,21,22). The van der Waals surface area contributed by atoms with E-state index in [9.17, 15) is 0 Å². The fraction of sp³-hybridized carbons (Fsp3) is 0.556. The lowest BCUT2D eigenvalue weighted by molar-refractivity contribution is 0.122. The van der Waals surface area contributed by atoms with Crippen LogP contribution in [0.15, 0.2) is 29.7 Å². The molecule has 9 heteroatoms. The summed E-state index contributed by atoms with van der Waals surface area (Å²) >= 11 is 1.57. The molecule has 1 unspecified atom stereocenters. The van der Waals surface area contributed by atoms with E-state index >= 15 is 0 Å². The van der Waals surface area contributed by atoms with Crippen LogP contribution in [0.4, 0.5) is 17.6 Å². The van der Waals surface area contributed by atoms with Crippen LogP contribution in [0.1, 0.15) is 12.8 Å². The van der Waals surface area contributed by atoms with Gasteiger partial charge in [0.05, 0.1) is 13.2 Å². The molecule has 0 radical (unpaired) electrons. The molecule has 0 bridgehead atoms. The predicted molar refractivity (Wildman–Crippen MR) is 108 cm³/mol. The van der Waals surface area contributed by atoms with Crippen LogP contribution in [0.5, 0.6) is 0 Å². The van der Waals surface area contributed by atoms with Crippen LogP contribution in [-0.4, -0.2) is 71.6 Å². The first-order chi connectivity index (χ1) is 13.3. The first-order valence-corrected chi connectivity index (χ1v) is 10.6. The normalized spacial score (nSPS) is 20.6. The van der Waals surface area contributed by atoms with Gasteiger partial charge in [0, 0.05) is 44.6 Å². The van der Waals surface area contributed by atoms with Gasteiger partial charge < -0.3 is 19.9 Å². The molecule has 2 aliphatic heterocycles. The van der Waals surface area contributed by atoms with Gasteiger partial charge in [-0.1, -0.05) is 11.8 Å². The van der Waals surface area contributed by atoms with Gasteiger partial charge in [-0.25, -0.2) is 15.0 Å². The second kappa shape index (κ2) is 8.71. The number of ether oxygens (including phenoxy) is 1. The Morgan fingerprint density at radius 3 is 2.78 bits per heavy atom. The van der Waals surface area contributed by atoms with Crippen LogP contribution in [0.25, 0.3) is 0 Å². The number of hydrogen-bond acceptors (Lipinski definition) is 9. The minimum Gasteiger partial charge on any atom is -0.378 e. The van der Waals surface area contributed by atoms with Crippen molar-refractivity contribution in [2.24, 2.45) is 0 Å². The van der Waals surface area contributed by atoms with E-state index in [0.29, 0.717) is 6.04 Å². The third-order valence-corrected chi connectivity index (χ3v) is 5.40. The van der Waals surface area contributed by atoms with E-state index in [0.717, 1.165) is 75.0 Å². The minimum absolute atomic E-state index is 0.332. The molecule has 27 heavy (non-hydrogen) atoms. The number of thioether (sulfide) groups is 1. The van der Waals surface area contributed by atoms with Crippen molar-refractivity contribution in [3.63, 3.8) is 0 Å². The Bertz CT molecular complexity index is 756. The fourth-order valence-corrected chi connectivity index (χ4v) is 3.81. The quantitative estimate of drug-likeness (QED) is 0.611. The number of morpholine rings is 1. The van der Waals surface area contributed by atoms with Gasteiger partial charge in [-0.2, -0.15) is 4.98 Å². The van der Waals surface area contributed by atoms with Crippen LogP contribution < -0.4 is 15.1 Å². The Morgan fingerprint density at radius 2 is 1.93 bits per heavy atom. The van der Waals surface area contributed by atoms with Crippen molar-refractivity contribution < 1.29 is 4.74 Å². The van der Waals surface area contributed by atoms with E-state index < -0.39 is 0 Å². The summed E-state index contributed by atoms with van der Waals surface area (Å²) in [5, 5.41) is 4.40. The molecule has 4 rings (SSSR count). The first-order valence-electron chi connectivity index (χ1n) is 9.36. The van der Waals surface area contributed by atoms with E-state index in [4.69, 9.17) is 9.72 Å². The van der Waals surface area contributed by atoms with Gasteiger partial charge in [-0.05, 0) is 31.2 Å². The van der Waals surface area contributed by atoms with Gasteiger partial charge in [0.25, 0.3) is 0 Å². The summed E-state index contributed by atoms with van der Waals surface area (Å²) in [5.41, 5.74) is 0. The maximum absolute atomic E-state index is 5.41. The second-order valence-electron chi connectivity index (χ2n) is 6.67. The van der Waals surface area contributed by atoms with E-state index in [1.54, 1.807) is 11.8 Å². The molecule has 2 fully saturated rings. The molecule has 0 aromatic carbocycles. The van der Waals surface area contributed by atoms with Crippen LogP contribution >= 0.6 is 11.8 Å². The number of aromatic nitrogens is 4. The van der Waals surface area contributed by atoms with Gasteiger partial charge in [0.15, 0.2) is 5.16 Å². The summed E-state index contributed by atoms with van der Waals surface area (Å²) in [5.74, 6) is 2.65. The number of rotatable bonds is 5. The lowest BCUT2D eigenvalue weighted by Crippen LogP contribution is -2.43. The molecule has 2 aromatic heterocycles. The van der Waals surface area contributed by atoms with Crippen molar-refractivity contribution >= 4 is 29.3 Å². The maximum atomic E-state index is 5.41. The Hall–Kier alpha value is -2.13. The zero-order valence-corrected chi connectivity index (χ0v) is 16.4. The van der Waals surface area contributed by atoms with E-state index in [-0.39, 0.29) is 0 Å². The van der Waals surface area contributed by atoms with Gasteiger partial charge in [0.2, 0.25) is 5.95 Å². The summed E-state index contributed by atoms with van der Waals surface area (Å²) in [6.07, 6.45) is 7.91. The third kappa shape index (κ3) is 4.59. The zero-order valence-electron chi connectivity index (χ0n) is 15.5. The summed E-state index contributed by atoms with van der Waals surface area (Å²) in [7, 11) is 0. The first kappa shape index (κ1) is 18.2. The number of nitrogens with zero attached hydrogens (tertiary/aromatic N) is 6. The Kier molecular flexibility index (Phi) is 5.88. The molecule has 4 heterocycles. The average Bonchev–Trinajstić information content (AvgIpc) is 2.75. The van der Waals surface area contributed by atoms with Crippen LogP contribution in [0.2, 0.25) is 0 Å². The maximum Gasteiger partial charge on any atom is 0.227 e. The highest BCUT2D eigenvalue weighted by Gasteiger charge is 2.22. The zero-order chi connectivity index (χ0) is 18.5. The number of anilines is 3. The molecule has 144 valence electrons. The molecule has 1 N–H and O–H groups in total. The van der Waals surface area contributed by atoms with Crippen LogP contribution in [-0.2, 0) is 4.74 Å². The largest absolute Gasteiger partial charge is 0.378 e. The summed E-state index contributed by atoms with van der Waals surface area (Å²) in [4.78, 5) is 22.6. The summed E-state index contributed by atoms with van der Waals surface area (Å²) in [6, 6.07) is 4.27. The molecule has 8 nitrogen and oxygen atoms in total. The van der Waals surface area contributed by atoms with Crippen molar-refractivity contribution in [2.75, 3.05) is 60.8 Å². The summed E-state index contributed by atoms with van der Waals surface area (Å²) < 4.78 is 5.41. The van der Waals surface area contributed by atoms with Crippen molar-refractivity contribution in [2.45, 2.75) is 24.0 Å². The lowest BCUT2D eigenvalue weighted by atomic mass is 10.1. The molecular weight excluding hydrogens is 362 g/mol. The van der Waals surface area contributed by atoms with E-state index in [2.05, 4.69) is 30.1 Å². The molecule has 0 amide bonds. The molecule has 2 saturated heterocycles. The molecule has 0 aliphatic carbocycles. The average molecular weight is 388 g/mol. The van der Waals surface area contributed by atoms with Crippen molar-refractivity contribution in [3.8, 4) is 0 Å². The van der Waals surface area contributed by atoms with E-state index in [1.165, 1.54) is 0 Å². The number of hydrogen-bond donors (Lipinski definition) is 1. The monoisotopic (exact) mass is 387 g/mol. The highest BCUT2D eigenvalue weighted by atomic mass is 32.2. The molecule has 2 aliphatic rings. The van der Waals surface area contributed by atoms with Gasteiger partial charge >= 0.3 is 0 Å². The smallest absolute Gasteiger partial charge is 0.227 e. The highest BCUT2D eigenvalue weighted by Crippen LogP contribution is 2.22. The van der Waals surface area contributed by atoms with Gasteiger partial charge in [-0.15, -0.1) is 0 Å². The molecule has 2 aromatic rings. The molecule has 0 saturated carbocycles. The minimum atomic E-state index is 0.332. The molecule has 1 atom stereocenters. The van der Waals surface area contributed by atoms with Crippen molar-refractivity contribution in [1.29, 1.82) is 0 Å². The highest BCUT2D eigenvalue weighted by molar-refractivity contribution is 7.98. The lowest BCUT2D eigenvalue weighted by Gasteiger charge is -2.34. The second-order valence-corrected chi connectivity index (χ2v) is 7.45. The molecule has 0 spiro atoms. The number of nitrogens with one attached hydrogen (secondary N) is 1. The Labute approximate surface area is 163 Å². The Morgan fingerprint density at radius 1 is 1.07 bits per heavy atom. The van der Waals surface area contributed by atoms with Gasteiger partial charge in [0.1, 0.15) is 11.6 Å². The predicted octanol–water partition coefficient (Wildman–Crippen LogP) is 1.91. The van der Waals surface area contributed by atoms with E-state index in [1.807, 2.05) is 30.8 Å². The Balaban J connectivity index is 1.41. The SMILES string of the molecule is CSc1nccc(N2CCCC(Nc3ccnc(N4CCOCC4)n3)C2)n1. The fourth-order valence-electron chi connectivity index (χ4n) is 3.46. The third-order valence-electron chi connectivity index (χ3n) is 4.84. The topological polar surface area (TPSA) is 79.3 Å². The van der Waals surface area contributed by atoms with Crippen molar-refractivity contribution in [3.05, 3.63) is 24.5 Å². The number of piperidine rings is 1.